The van der Waals surface area contributed by atoms with E-state index in [4.69, 9.17) is 0 Å². The first kappa shape index (κ1) is 16.7. The Morgan fingerprint density at radius 1 is 1.36 bits per heavy atom. The number of hydrogen-bond acceptors (Lipinski definition) is 4. The van der Waals surface area contributed by atoms with E-state index in [1.165, 1.54) is 0 Å². The fraction of sp³-hybridized carbons (Fsp3) is 0.500. The van der Waals surface area contributed by atoms with Gasteiger partial charge in [-0.05, 0) is 37.6 Å². The van der Waals surface area contributed by atoms with E-state index in [2.05, 4.69) is 11.6 Å². The molecule has 0 saturated carbocycles. The summed E-state index contributed by atoms with van der Waals surface area (Å²) in [6.45, 7) is 5.91. The SMILES string of the molecule is CCCSNc1ccc(C(=O)N2CCN(C=O)CC2C)cc1. The summed E-state index contributed by atoms with van der Waals surface area (Å²) in [4.78, 5) is 26.9. The molecule has 120 valence electrons. The first-order valence-corrected chi connectivity index (χ1v) is 8.62. The summed E-state index contributed by atoms with van der Waals surface area (Å²) in [5.41, 5.74) is 1.70. The molecule has 0 aliphatic carbocycles. The minimum absolute atomic E-state index is 0.0332. The zero-order valence-electron chi connectivity index (χ0n) is 13.1. The predicted octanol–water partition coefficient (Wildman–Crippen LogP) is 2.46. The number of carbonyl (C=O) groups is 2. The highest BCUT2D eigenvalue weighted by Gasteiger charge is 2.27. The van der Waals surface area contributed by atoms with E-state index in [-0.39, 0.29) is 11.9 Å². The molecule has 6 heteroatoms. The molecule has 1 aliphatic heterocycles. The first-order valence-electron chi connectivity index (χ1n) is 7.64. The first-order chi connectivity index (χ1) is 10.7. The molecule has 5 nitrogen and oxygen atoms in total. The number of nitrogens with one attached hydrogen (secondary N) is 1. The van der Waals surface area contributed by atoms with Crippen molar-refractivity contribution in [2.24, 2.45) is 0 Å². The highest BCUT2D eigenvalue weighted by atomic mass is 32.2. The number of anilines is 1. The summed E-state index contributed by atoms with van der Waals surface area (Å²) in [6.07, 6.45) is 1.98. The average molecular weight is 321 g/mol. The van der Waals surface area contributed by atoms with Gasteiger partial charge in [0.2, 0.25) is 6.41 Å². The second-order valence-electron chi connectivity index (χ2n) is 5.48. The molecule has 0 radical (unpaired) electrons. The highest BCUT2D eigenvalue weighted by Crippen LogP contribution is 2.17. The molecule has 1 saturated heterocycles. The van der Waals surface area contributed by atoms with E-state index in [1.54, 1.807) is 16.8 Å². The molecular weight excluding hydrogens is 298 g/mol. The largest absolute Gasteiger partial charge is 0.341 e. The van der Waals surface area contributed by atoms with Crippen molar-refractivity contribution < 1.29 is 9.59 Å². The Hall–Kier alpha value is -1.69. The van der Waals surface area contributed by atoms with Crippen LogP contribution in [0.3, 0.4) is 0 Å². The van der Waals surface area contributed by atoms with Gasteiger partial charge >= 0.3 is 0 Å². The summed E-state index contributed by atoms with van der Waals surface area (Å²) in [5.74, 6) is 1.09. The summed E-state index contributed by atoms with van der Waals surface area (Å²) in [6, 6.07) is 7.63. The van der Waals surface area contributed by atoms with Gasteiger partial charge in [-0.15, -0.1) is 0 Å². The minimum atomic E-state index is 0.0332. The van der Waals surface area contributed by atoms with Gasteiger partial charge in [0.05, 0.1) is 0 Å². The molecule has 1 aromatic carbocycles. The Balaban J connectivity index is 1.96. The van der Waals surface area contributed by atoms with Gasteiger partial charge in [-0.25, -0.2) is 0 Å². The third kappa shape index (κ3) is 4.16. The summed E-state index contributed by atoms with van der Waals surface area (Å²) in [5, 5.41) is 0. The molecule has 2 rings (SSSR count). The lowest BCUT2D eigenvalue weighted by Gasteiger charge is -2.38. The van der Waals surface area contributed by atoms with Crippen LogP contribution in [0.1, 0.15) is 30.6 Å². The second-order valence-corrected chi connectivity index (χ2v) is 6.38. The average Bonchev–Trinajstić information content (AvgIpc) is 2.55. The predicted molar refractivity (Wildman–Crippen MR) is 90.9 cm³/mol. The number of rotatable bonds is 6. The van der Waals surface area contributed by atoms with E-state index in [0.29, 0.717) is 25.2 Å². The van der Waals surface area contributed by atoms with Crippen LogP contribution >= 0.6 is 11.9 Å². The van der Waals surface area contributed by atoms with Crippen molar-refractivity contribution in [2.75, 3.05) is 30.1 Å². The summed E-state index contributed by atoms with van der Waals surface area (Å²) in [7, 11) is 0. The van der Waals surface area contributed by atoms with Crippen LogP contribution in [-0.4, -0.2) is 53.5 Å². The molecule has 22 heavy (non-hydrogen) atoms. The minimum Gasteiger partial charge on any atom is -0.341 e. The van der Waals surface area contributed by atoms with Crippen molar-refractivity contribution in [3.63, 3.8) is 0 Å². The molecule has 1 heterocycles. The lowest BCUT2D eigenvalue weighted by atomic mass is 10.1. The Morgan fingerprint density at radius 3 is 2.68 bits per heavy atom. The third-order valence-electron chi connectivity index (χ3n) is 3.70. The molecule has 0 spiro atoms. The molecule has 1 aromatic rings. The number of piperazine rings is 1. The fourth-order valence-electron chi connectivity index (χ4n) is 2.47. The van der Waals surface area contributed by atoms with Crippen LogP contribution in [0.25, 0.3) is 0 Å². The van der Waals surface area contributed by atoms with Gasteiger partial charge in [-0.1, -0.05) is 18.9 Å². The van der Waals surface area contributed by atoms with Gasteiger partial charge in [-0.3, -0.25) is 9.59 Å². The van der Waals surface area contributed by atoms with Gasteiger partial charge in [0.25, 0.3) is 5.91 Å². The van der Waals surface area contributed by atoms with Gasteiger partial charge in [0.1, 0.15) is 0 Å². The van der Waals surface area contributed by atoms with E-state index >= 15 is 0 Å². The van der Waals surface area contributed by atoms with E-state index in [0.717, 1.165) is 24.3 Å². The lowest BCUT2D eigenvalue weighted by Crippen LogP contribution is -2.53. The van der Waals surface area contributed by atoms with Gasteiger partial charge < -0.3 is 14.5 Å². The monoisotopic (exact) mass is 321 g/mol. The van der Waals surface area contributed by atoms with Gasteiger partial charge in [-0.2, -0.15) is 0 Å². The van der Waals surface area contributed by atoms with Gasteiger partial charge in [0, 0.05) is 42.7 Å². The van der Waals surface area contributed by atoms with Gasteiger partial charge in [0.15, 0.2) is 0 Å². The normalized spacial score (nSPS) is 18.2. The smallest absolute Gasteiger partial charge is 0.254 e. The molecule has 1 atom stereocenters. The van der Waals surface area contributed by atoms with Crippen molar-refractivity contribution in [2.45, 2.75) is 26.3 Å². The van der Waals surface area contributed by atoms with Crippen molar-refractivity contribution in [3.8, 4) is 0 Å². The van der Waals surface area contributed by atoms with Crippen LogP contribution in [0.2, 0.25) is 0 Å². The van der Waals surface area contributed by atoms with Crippen molar-refractivity contribution in [3.05, 3.63) is 29.8 Å². The van der Waals surface area contributed by atoms with Crippen molar-refractivity contribution >= 4 is 30.0 Å². The quantitative estimate of drug-likeness (QED) is 0.497. The maximum atomic E-state index is 12.6. The molecule has 0 aromatic heterocycles. The molecular formula is C16H23N3O2S. The maximum absolute atomic E-state index is 12.6. The standard InChI is InChI=1S/C16H23N3O2S/c1-3-10-22-17-15-6-4-14(5-7-15)16(21)19-9-8-18(12-20)11-13(19)2/h4-7,12-13,17H,3,8-11H2,1-2H3. The van der Waals surface area contributed by atoms with E-state index in [9.17, 15) is 9.59 Å². The van der Waals surface area contributed by atoms with Crippen molar-refractivity contribution in [1.82, 2.24) is 9.80 Å². The molecule has 1 N–H and O–H groups in total. The summed E-state index contributed by atoms with van der Waals surface area (Å²) < 4.78 is 3.26. The maximum Gasteiger partial charge on any atom is 0.254 e. The summed E-state index contributed by atoms with van der Waals surface area (Å²) >= 11 is 1.67. The van der Waals surface area contributed by atoms with Crippen LogP contribution in [-0.2, 0) is 4.79 Å². The highest BCUT2D eigenvalue weighted by molar-refractivity contribution is 8.00. The number of nitrogens with zero attached hydrogens (tertiary/aromatic N) is 2. The molecule has 1 aliphatic rings. The molecule has 2 amide bonds. The Bertz CT molecular complexity index is 507. The lowest BCUT2D eigenvalue weighted by molar-refractivity contribution is -0.120. The third-order valence-corrected chi connectivity index (χ3v) is 4.69. The Morgan fingerprint density at radius 2 is 2.09 bits per heavy atom. The topological polar surface area (TPSA) is 52.7 Å². The number of benzene rings is 1. The van der Waals surface area contributed by atoms with Crippen LogP contribution in [0.4, 0.5) is 5.69 Å². The molecule has 1 fully saturated rings. The van der Waals surface area contributed by atoms with E-state index in [1.807, 2.05) is 36.1 Å². The number of carbonyl (C=O) groups excluding carboxylic acids is 2. The van der Waals surface area contributed by atoms with Crippen LogP contribution in [0.15, 0.2) is 24.3 Å². The Kier molecular flexibility index (Phi) is 6.12. The second kappa shape index (κ2) is 8.08. The number of amides is 2. The zero-order valence-corrected chi connectivity index (χ0v) is 13.9. The molecule has 1 unspecified atom stereocenters. The van der Waals surface area contributed by atoms with E-state index < -0.39 is 0 Å². The fourth-order valence-corrected chi connectivity index (χ4v) is 3.08. The van der Waals surface area contributed by atoms with Crippen LogP contribution in [0, 0.1) is 0 Å². The van der Waals surface area contributed by atoms with Crippen LogP contribution in [0.5, 0.6) is 0 Å². The Labute approximate surface area is 136 Å². The van der Waals surface area contributed by atoms with Crippen LogP contribution < -0.4 is 4.72 Å². The zero-order chi connectivity index (χ0) is 15.9. The number of hydrogen-bond donors (Lipinski definition) is 1. The molecule has 0 bridgehead atoms. The van der Waals surface area contributed by atoms with Crippen molar-refractivity contribution in [1.29, 1.82) is 0 Å².